The first-order valence-corrected chi connectivity index (χ1v) is 10.0. The van der Waals surface area contributed by atoms with Gasteiger partial charge in [0.25, 0.3) is 0 Å². The molecule has 0 aromatic heterocycles. The number of carbonyl (C=O) groups is 1. The number of aliphatic hydroxyl groups excluding tert-OH is 1. The second-order valence-electron chi connectivity index (χ2n) is 5.33. The predicted octanol–water partition coefficient (Wildman–Crippen LogP) is 0.928. The van der Waals surface area contributed by atoms with Crippen LogP contribution >= 0.6 is 11.8 Å². The Labute approximate surface area is 134 Å². The van der Waals surface area contributed by atoms with Crippen molar-refractivity contribution in [2.75, 3.05) is 24.3 Å². The molecule has 0 saturated carbocycles. The third-order valence-electron chi connectivity index (χ3n) is 3.26. The first kappa shape index (κ1) is 17.1. The first-order chi connectivity index (χ1) is 10.3. The Balaban J connectivity index is 1.86. The van der Waals surface area contributed by atoms with Gasteiger partial charge in [0.1, 0.15) is 9.84 Å². The van der Waals surface area contributed by atoms with Crippen molar-refractivity contribution in [2.24, 2.45) is 0 Å². The number of benzene rings is 1. The standard InChI is InChI=1S/C14H20N2O4S2/c1-22(19,20)9-10(17)8-15-14(18)16-12-6-7-21-13-5-3-2-4-11(12)13/h2-5,10,12,17H,6-9H2,1H3,(H2,15,16,18). The van der Waals surface area contributed by atoms with Gasteiger partial charge in [0.05, 0.1) is 17.9 Å². The second kappa shape index (κ2) is 7.34. The van der Waals surface area contributed by atoms with E-state index in [-0.39, 0.29) is 18.3 Å². The van der Waals surface area contributed by atoms with Crippen LogP contribution < -0.4 is 10.6 Å². The zero-order chi connectivity index (χ0) is 16.2. The Morgan fingerprint density at radius 3 is 2.91 bits per heavy atom. The highest BCUT2D eigenvalue weighted by Gasteiger charge is 2.22. The summed E-state index contributed by atoms with van der Waals surface area (Å²) in [6, 6.07) is 7.46. The fraction of sp³-hybridized carbons (Fsp3) is 0.500. The minimum absolute atomic E-state index is 0.0653. The van der Waals surface area contributed by atoms with Crippen molar-refractivity contribution >= 4 is 27.6 Å². The number of nitrogens with one attached hydrogen (secondary N) is 2. The van der Waals surface area contributed by atoms with E-state index in [1.807, 2.05) is 24.3 Å². The van der Waals surface area contributed by atoms with Crippen molar-refractivity contribution in [3.63, 3.8) is 0 Å². The summed E-state index contributed by atoms with van der Waals surface area (Å²) in [6.45, 7) is -0.0952. The van der Waals surface area contributed by atoms with Crippen molar-refractivity contribution in [1.82, 2.24) is 10.6 Å². The Bertz CT molecular complexity index is 633. The molecule has 2 amide bonds. The maximum absolute atomic E-state index is 11.9. The van der Waals surface area contributed by atoms with Gasteiger partial charge < -0.3 is 15.7 Å². The number of hydrogen-bond donors (Lipinski definition) is 3. The third kappa shape index (κ3) is 5.19. The van der Waals surface area contributed by atoms with Crippen LogP contribution in [0.5, 0.6) is 0 Å². The normalized spacial score (nSPS) is 19.1. The van der Waals surface area contributed by atoms with Crippen LogP contribution in [0.15, 0.2) is 29.2 Å². The molecule has 1 aromatic rings. The summed E-state index contributed by atoms with van der Waals surface area (Å²) in [5.41, 5.74) is 1.09. The summed E-state index contributed by atoms with van der Waals surface area (Å²) in [5, 5.41) is 15.0. The molecular formula is C14H20N2O4S2. The van der Waals surface area contributed by atoms with Crippen LogP contribution in [0.25, 0.3) is 0 Å². The molecule has 1 aromatic carbocycles. The molecule has 1 aliphatic heterocycles. The summed E-state index contributed by atoms with van der Waals surface area (Å²) in [5.74, 6) is 0.564. The molecule has 0 radical (unpaired) electrons. The third-order valence-corrected chi connectivity index (χ3v) is 5.37. The van der Waals surface area contributed by atoms with Crippen LogP contribution in [0, 0.1) is 0 Å². The largest absolute Gasteiger partial charge is 0.390 e. The quantitative estimate of drug-likeness (QED) is 0.738. The van der Waals surface area contributed by atoms with Gasteiger partial charge in [-0.2, -0.15) is 0 Å². The molecule has 6 nitrogen and oxygen atoms in total. The summed E-state index contributed by atoms with van der Waals surface area (Å²) in [7, 11) is -3.26. The van der Waals surface area contributed by atoms with E-state index in [1.54, 1.807) is 11.8 Å². The van der Waals surface area contributed by atoms with E-state index in [0.29, 0.717) is 0 Å². The molecule has 0 spiro atoms. The van der Waals surface area contributed by atoms with Crippen LogP contribution in [0.4, 0.5) is 4.79 Å². The van der Waals surface area contributed by atoms with Crippen LogP contribution in [0.2, 0.25) is 0 Å². The number of thioether (sulfide) groups is 1. The maximum Gasteiger partial charge on any atom is 0.315 e. The van der Waals surface area contributed by atoms with Gasteiger partial charge in [-0.05, 0) is 18.1 Å². The fourth-order valence-electron chi connectivity index (χ4n) is 2.32. The zero-order valence-corrected chi connectivity index (χ0v) is 13.9. The molecule has 0 aliphatic carbocycles. The van der Waals surface area contributed by atoms with Gasteiger partial charge >= 0.3 is 6.03 Å². The predicted molar refractivity (Wildman–Crippen MR) is 86.8 cm³/mol. The van der Waals surface area contributed by atoms with Crippen LogP contribution in [-0.4, -0.2) is 50.0 Å². The summed E-state index contributed by atoms with van der Waals surface area (Å²) in [6.07, 6.45) is 0.781. The average Bonchev–Trinajstić information content (AvgIpc) is 2.44. The van der Waals surface area contributed by atoms with E-state index in [4.69, 9.17) is 0 Å². The van der Waals surface area contributed by atoms with Crippen molar-refractivity contribution in [3.8, 4) is 0 Å². The number of fused-ring (bicyclic) bond motifs is 1. The van der Waals surface area contributed by atoms with E-state index in [9.17, 15) is 18.3 Å². The van der Waals surface area contributed by atoms with E-state index in [2.05, 4.69) is 10.6 Å². The van der Waals surface area contributed by atoms with Crippen LogP contribution in [0.3, 0.4) is 0 Å². The summed E-state index contributed by atoms with van der Waals surface area (Å²) in [4.78, 5) is 13.1. The smallest absolute Gasteiger partial charge is 0.315 e. The van der Waals surface area contributed by atoms with E-state index >= 15 is 0 Å². The molecule has 2 rings (SSSR count). The van der Waals surface area contributed by atoms with Gasteiger partial charge in [0.2, 0.25) is 0 Å². The molecule has 3 N–H and O–H groups in total. The highest BCUT2D eigenvalue weighted by atomic mass is 32.2. The van der Waals surface area contributed by atoms with E-state index < -0.39 is 22.0 Å². The number of aliphatic hydroxyl groups is 1. The first-order valence-electron chi connectivity index (χ1n) is 6.97. The topological polar surface area (TPSA) is 95.5 Å². The van der Waals surface area contributed by atoms with Crippen molar-refractivity contribution < 1.29 is 18.3 Å². The molecule has 1 aliphatic rings. The molecule has 22 heavy (non-hydrogen) atoms. The monoisotopic (exact) mass is 344 g/mol. The number of sulfone groups is 1. The summed E-state index contributed by atoms with van der Waals surface area (Å²) >= 11 is 1.77. The van der Waals surface area contributed by atoms with Crippen molar-refractivity contribution in [1.29, 1.82) is 0 Å². The minimum atomic E-state index is -3.26. The van der Waals surface area contributed by atoms with Gasteiger partial charge in [0, 0.05) is 23.4 Å². The number of urea groups is 1. The Morgan fingerprint density at radius 1 is 1.45 bits per heavy atom. The Hall–Kier alpha value is -1.25. The fourth-order valence-corrected chi connectivity index (χ4v) is 4.26. The molecule has 0 fully saturated rings. The lowest BCUT2D eigenvalue weighted by atomic mass is 10.0. The number of amides is 2. The van der Waals surface area contributed by atoms with Gasteiger partial charge in [-0.3, -0.25) is 0 Å². The van der Waals surface area contributed by atoms with E-state index in [0.717, 1.165) is 28.9 Å². The van der Waals surface area contributed by atoms with Gasteiger partial charge in [-0.15, -0.1) is 11.8 Å². The lowest BCUT2D eigenvalue weighted by molar-refractivity contribution is 0.188. The van der Waals surface area contributed by atoms with Crippen LogP contribution in [-0.2, 0) is 9.84 Å². The highest BCUT2D eigenvalue weighted by molar-refractivity contribution is 7.99. The maximum atomic E-state index is 11.9. The molecule has 0 saturated heterocycles. The molecule has 0 bridgehead atoms. The van der Waals surface area contributed by atoms with Gasteiger partial charge in [-0.1, -0.05) is 18.2 Å². The molecule has 1 heterocycles. The van der Waals surface area contributed by atoms with Gasteiger partial charge in [-0.25, -0.2) is 13.2 Å². The van der Waals surface area contributed by atoms with Crippen LogP contribution in [0.1, 0.15) is 18.0 Å². The Kier molecular flexibility index (Phi) is 5.71. The zero-order valence-electron chi connectivity index (χ0n) is 12.3. The lowest BCUT2D eigenvalue weighted by Gasteiger charge is -2.26. The average molecular weight is 344 g/mol. The van der Waals surface area contributed by atoms with Crippen molar-refractivity contribution in [2.45, 2.75) is 23.5 Å². The molecule has 8 heteroatoms. The summed E-state index contributed by atoms with van der Waals surface area (Å²) < 4.78 is 22.1. The molecule has 122 valence electrons. The molecule has 2 unspecified atom stereocenters. The van der Waals surface area contributed by atoms with E-state index in [1.165, 1.54) is 0 Å². The Morgan fingerprint density at radius 2 is 2.18 bits per heavy atom. The second-order valence-corrected chi connectivity index (χ2v) is 8.65. The SMILES string of the molecule is CS(=O)(=O)CC(O)CNC(=O)NC1CCSc2ccccc21. The number of hydrogen-bond acceptors (Lipinski definition) is 5. The lowest BCUT2D eigenvalue weighted by Crippen LogP contribution is -2.43. The molecular weight excluding hydrogens is 324 g/mol. The number of rotatable bonds is 5. The highest BCUT2D eigenvalue weighted by Crippen LogP contribution is 2.35. The van der Waals surface area contributed by atoms with Crippen molar-refractivity contribution in [3.05, 3.63) is 29.8 Å². The number of carbonyl (C=O) groups excluding carboxylic acids is 1. The molecule has 2 atom stereocenters. The minimum Gasteiger partial charge on any atom is -0.390 e. The van der Waals surface area contributed by atoms with Gasteiger partial charge in [0.15, 0.2) is 0 Å².